The summed E-state index contributed by atoms with van der Waals surface area (Å²) in [5, 5.41) is 0. The van der Waals surface area contributed by atoms with E-state index >= 15 is 0 Å². The average Bonchev–Trinajstić information content (AvgIpc) is 3.20. The number of hydrogen-bond acceptors (Lipinski definition) is 10. The van der Waals surface area contributed by atoms with E-state index < -0.39 is 23.5 Å². The summed E-state index contributed by atoms with van der Waals surface area (Å²) in [6.07, 6.45) is 12.7. The summed E-state index contributed by atoms with van der Waals surface area (Å²) in [4.78, 5) is 47.9. The number of ether oxygens (including phenoxy) is 6. The first-order valence-electron chi connectivity index (χ1n) is 19.3. The number of benzene rings is 3. The molecular formula is C45H54O10. The molecule has 0 atom stereocenters. The maximum Gasteiger partial charge on any atom is 0.343 e. The average molecular weight is 755 g/mol. The third-order valence-electron chi connectivity index (χ3n) is 9.56. The summed E-state index contributed by atoms with van der Waals surface area (Å²) >= 11 is 0. The van der Waals surface area contributed by atoms with E-state index in [0.29, 0.717) is 60.7 Å². The van der Waals surface area contributed by atoms with E-state index in [1.807, 2.05) is 31.2 Å². The van der Waals surface area contributed by atoms with Crippen LogP contribution in [0.1, 0.15) is 116 Å². The standard InChI is InChI=1S/C45H54O10/c1-4-41(46)52-32-12-8-6-10-30-50-38-20-16-36(17-21-38)43(48)54-40-24-14-34(15-25-40)35-26-28-45(3,29-27-35)55-44(49)37-18-22-39(23-19-37)51-31-11-7-9-13-33-53-42(47)5-2/h4-5,14-25,35H,1-2,6-13,26-33H2,3H3. The van der Waals surface area contributed by atoms with Crippen molar-refractivity contribution >= 4 is 23.9 Å². The van der Waals surface area contributed by atoms with E-state index in [1.165, 1.54) is 6.08 Å². The molecule has 0 aromatic heterocycles. The lowest BCUT2D eigenvalue weighted by Crippen LogP contribution is -2.35. The molecule has 294 valence electrons. The fourth-order valence-electron chi connectivity index (χ4n) is 6.25. The van der Waals surface area contributed by atoms with Gasteiger partial charge in [-0.05, 0) is 156 Å². The Morgan fingerprint density at radius 2 is 1.00 bits per heavy atom. The van der Waals surface area contributed by atoms with Gasteiger partial charge in [0.2, 0.25) is 0 Å². The molecule has 1 fully saturated rings. The van der Waals surface area contributed by atoms with Crippen LogP contribution in [0.4, 0.5) is 0 Å². The van der Waals surface area contributed by atoms with Crippen molar-refractivity contribution in [3.05, 3.63) is 115 Å². The molecule has 1 saturated carbocycles. The van der Waals surface area contributed by atoms with Gasteiger partial charge in [0, 0.05) is 12.2 Å². The molecule has 0 aliphatic heterocycles. The van der Waals surface area contributed by atoms with Crippen molar-refractivity contribution in [1.29, 1.82) is 0 Å². The number of rotatable bonds is 23. The van der Waals surface area contributed by atoms with Crippen LogP contribution in [-0.4, -0.2) is 55.9 Å². The van der Waals surface area contributed by atoms with Crippen LogP contribution >= 0.6 is 0 Å². The predicted octanol–water partition coefficient (Wildman–Crippen LogP) is 9.52. The highest BCUT2D eigenvalue weighted by Gasteiger charge is 2.35. The van der Waals surface area contributed by atoms with E-state index in [-0.39, 0.29) is 5.97 Å². The van der Waals surface area contributed by atoms with Crippen molar-refractivity contribution in [2.24, 2.45) is 0 Å². The molecule has 0 N–H and O–H groups in total. The predicted molar refractivity (Wildman–Crippen MR) is 210 cm³/mol. The minimum Gasteiger partial charge on any atom is -0.494 e. The fourth-order valence-corrected chi connectivity index (χ4v) is 6.25. The Morgan fingerprint density at radius 3 is 1.45 bits per heavy atom. The zero-order valence-electron chi connectivity index (χ0n) is 32.0. The lowest BCUT2D eigenvalue weighted by molar-refractivity contribution is -0.138. The van der Waals surface area contributed by atoms with Crippen LogP contribution in [0.5, 0.6) is 17.2 Å². The number of carbonyl (C=O) groups excluding carboxylic acids is 4. The molecule has 0 heterocycles. The Kier molecular flexibility index (Phi) is 17.5. The first kappa shape index (κ1) is 42.4. The van der Waals surface area contributed by atoms with Gasteiger partial charge in [-0.15, -0.1) is 0 Å². The van der Waals surface area contributed by atoms with Crippen LogP contribution in [0.3, 0.4) is 0 Å². The summed E-state index contributed by atoms with van der Waals surface area (Å²) in [6, 6.07) is 21.6. The van der Waals surface area contributed by atoms with Gasteiger partial charge in [-0.25, -0.2) is 19.2 Å². The monoisotopic (exact) mass is 754 g/mol. The third-order valence-corrected chi connectivity index (χ3v) is 9.56. The Hall–Kier alpha value is -5.38. The Bertz CT molecular complexity index is 1670. The maximum absolute atomic E-state index is 13.0. The number of esters is 4. The molecular weight excluding hydrogens is 700 g/mol. The summed E-state index contributed by atoms with van der Waals surface area (Å²) in [7, 11) is 0. The molecule has 0 saturated heterocycles. The smallest absolute Gasteiger partial charge is 0.343 e. The highest BCUT2D eigenvalue weighted by Crippen LogP contribution is 2.40. The molecule has 3 aromatic rings. The lowest BCUT2D eigenvalue weighted by Gasteiger charge is -2.37. The van der Waals surface area contributed by atoms with Gasteiger partial charge in [0.05, 0.1) is 37.6 Å². The van der Waals surface area contributed by atoms with Gasteiger partial charge < -0.3 is 28.4 Å². The van der Waals surface area contributed by atoms with Gasteiger partial charge in [0.1, 0.15) is 22.8 Å². The fraction of sp³-hybridized carbons (Fsp3) is 0.422. The molecule has 55 heavy (non-hydrogen) atoms. The van der Waals surface area contributed by atoms with Gasteiger partial charge in [0.15, 0.2) is 0 Å². The van der Waals surface area contributed by atoms with E-state index in [1.54, 1.807) is 48.5 Å². The molecule has 0 radical (unpaired) electrons. The third kappa shape index (κ3) is 15.1. The second kappa shape index (κ2) is 22.7. The largest absolute Gasteiger partial charge is 0.494 e. The van der Waals surface area contributed by atoms with Crippen LogP contribution in [0.2, 0.25) is 0 Å². The summed E-state index contributed by atoms with van der Waals surface area (Å²) in [6.45, 7) is 10.7. The summed E-state index contributed by atoms with van der Waals surface area (Å²) in [5.74, 6) is 0.598. The minimum atomic E-state index is -0.548. The molecule has 3 aromatic carbocycles. The van der Waals surface area contributed by atoms with Gasteiger partial charge in [-0.2, -0.15) is 0 Å². The normalized spacial score (nSPS) is 16.3. The van der Waals surface area contributed by atoms with E-state index in [0.717, 1.165) is 88.7 Å². The molecule has 0 bridgehead atoms. The zero-order valence-corrected chi connectivity index (χ0v) is 32.0. The van der Waals surface area contributed by atoms with Crippen molar-refractivity contribution in [1.82, 2.24) is 0 Å². The summed E-state index contributed by atoms with van der Waals surface area (Å²) < 4.78 is 33.2. The first-order valence-corrected chi connectivity index (χ1v) is 19.3. The zero-order chi connectivity index (χ0) is 39.3. The summed E-state index contributed by atoms with van der Waals surface area (Å²) in [5.41, 5.74) is 1.54. The molecule has 4 rings (SSSR count). The topological polar surface area (TPSA) is 124 Å². The van der Waals surface area contributed by atoms with Crippen molar-refractivity contribution < 1.29 is 47.6 Å². The van der Waals surface area contributed by atoms with Gasteiger partial charge in [0.25, 0.3) is 0 Å². The highest BCUT2D eigenvalue weighted by molar-refractivity contribution is 5.91. The first-order chi connectivity index (χ1) is 26.7. The number of hydrogen-bond donors (Lipinski definition) is 0. The number of carbonyl (C=O) groups is 4. The van der Waals surface area contributed by atoms with Gasteiger partial charge in [-0.3, -0.25) is 0 Å². The molecule has 10 nitrogen and oxygen atoms in total. The SMILES string of the molecule is C=CC(=O)OCCCCCCOc1ccc(C(=O)Oc2ccc(C3CCC(C)(OC(=O)c4ccc(OCCCCCCOC(=O)C=C)cc4)CC3)cc2)cc1. The molecule has 0 spiro atoms. The molecule has 1 aliphatic rings. The molecule has 0 unspecified atom stereocenters. The lowest BCUT2D eigenvalue weighted by atomic mass is 9.77. The van der Waals surface area contributed by atoms with Crippen LogP contribution in [0.15, 0.2) is 98.1 Å². The van der Waals surface area contributed by atoms with Crippen LogP contribution in [0.25, 0.3) is 0 Å². The van der Waals surface area contributed by atoms with Crippen LogP contribution < -0.4 is 14.2 Å². The molecule has 1 aliphatic carbocycles. The van der Waals surface area contributed by atoms with Crippen molar-refractivity contribution in [3.63, 3.8) is 0 Å². The van der Waals surface area contributed by atoms with E-state index in [9.17, 15) is 19.2 Å². The van der Waals surface area contributed by atoms with Crippen molar-refractivity contribution in [3.8, 4) is 17.2 Å². The van der Waals surface area contributed by atoms with Crippen LogP contribution in [-0.2, 0) is 23.8 Å². The van der Waals surface area contributed by atoms with Gasteiger partial charge in [-0.1, -0.05) is 25.3 Å². The Morgan fingerprint density at radius 1 is 0.582 bits per heavy atom. The molecule has 10 heteroatoms. The quantitative estimate of drug-likeness (QED) is 0.0304. The van der Waals surface area contributed by atoms with Crippen LogP contribution in [0, 0.1) is 0 Å². The van der Waals surface area contributed by atoms with Gasteiger partial charge >= 0.3 is 23.9 Å². The Labute approximate surface area is 324 Å². The highest BCUT2D eigenvalue weighted by atomic mass is 16.6. The second-order valence-electron chi connectivity index (χ2n) is 13.9. The number of unbranched alkanes of at least 4 members (excludes halogenated alkanes) is 6. The van der Waals surface area contributed by atoms with Crippen molar-refractivity contribution in [2.75, 3.05) is 26.4 Å². The van der Waals surface area contributed by atoms with E-state index in [4.69, 9.17) is 28.4 Å². The Balaban J connectivity index is 1.11. The maximum atomic E-state index is 13.0. The second-order valence-corrected chi connectivity index (χ2v) is 13.9. The van der Waals surface area contributed by atoms with Crippen molar-refractivity contribution in [2.45, 2.75) is 95.5 Å². The van der Waals surface area contributed by atoms with E-state index in [2.05, 4.69) is 13.2 Å². The molecule has 0 amide bonds. The minimum absolute atomic E-state index is 0.317.